The van der Waals surface area contributed by atoms with Gasteiger partial charge in [-0.3, -0.25) is 4.79 Å². The van der Waals surface area contributed by atoms with Gasteiger partial charge in [-0.05, 0) is 6.42 Å². The normalized spacial score (nSPS) is 11.1. The molecule has 0 rings (SSSR count). The highest BCUT2D eigenvalue weighted by Gasteiger charge is 2.13. The van der Waals surface area contributed by atoms with Gasteiger partial charge >= 0.3 is 0 Å². The summed E-state index contributed by atoms with van der Waals surface area (Å²) in [6, 6.07) is 0. The minimum atomic E-state index is -2.77. The van der Waals surface area contributed by atoms with Crippen LogP contribution in [0.15, 0.2) is 0 Å². The monoisotopic (exact) mass is 248 g/mol. The van der Waals surface area contributed by atoms with Gasteiger partial charge in [0.15, 0.2) is 5.78 Å². The molecule has 0 saturated carbocycles. The van der Waals surface area contributed by atoms with E-state index in [4.69, 9.17) is 0 Å². The Morgan fingerprint density at radius 1 is 0.824 bits per heavy atom. The topological polar surface area (TPSA) is 17.1 Å². The Kier molecular flexibility index (Phi) is 11.7. The van der Waals surface area contributed by atoms with Crippen molar-refractivity contribution in [3.05, 3.63) is 0 Å². The number of ketones is 1. The lowest BCUT2D eigenvalue weighted by Gasteiger charge is -2.02. The fraction of sp³-hybridized carbons (Fsp3) is 0.929. The zero-order valence-corrected chi connectivity index (χ0v) is 11.0. The van der Waals surface area contributed by atoms with Crippen molar-refractivity contribution in [2.24, 2.45) is 0 Å². The average Bonchev–Trinajstić information content (AvgIpc) is 2.31. The number of unbranched alkanes of at least 4 members (excludes halogenated alkanes) is 9. The first-order valence-electron chi connectivity index (χ1n) is 6.99. The van der Waals surface area contributed by atoms with Gasteiger partial charge in [0, 0.05) is 6.42 Å². The summed E-state index contributed by atoms with van der Waals surface area (Å²) in [5.74, 6) is -0.899. The van der Waals surface area contributed by atoms with Crippen molar-refractivity contribution in [1.82, 2.24) is 0 Å². The molecule has 0 amide bonds. The molecule has 0 aliphatic carbocycles. The van der Waals surface area contributed by atoms with E-state index in [1.54, 1.807) is 0 Å². The maximum atomic E-state index is 11.9. The number of Topliss-reactive ketones (excluding diaryl/α,β-unsaturated/α-hetero) is 1. The SMILES string of the molecule is CCCCCCCCCCCCC(=O)C(F)F. The average molecular weight is 248 g/mol. The van der Waals surface area contributed by atoms with Gasteiger partial charge in [0.2, 0.25) is 0 Å². The van der Waals surface area contributed by atoms with Crippen LogP contribution in [0.2, 0.25) is 0 Å². The number of alkyl halides is 2. The number of carbonyl (C=O) groups is 1. The quantitative estimate of drug-likeness (QED) is 0.437. The number of carbonyl (C=O) groups excluding carboxylic acids is 1. The fourth-order valence-electron chi connectivity index (χ4n) is 1.90. The van der Waals surface area contributed by atoms with Crippen LogP contribution in [0.1, 0.15) is 77.6 Å². The summed E-state index contributed by atoms with van der Waals surface area (Å²) >= 11 is 0. The first kappa shape index (κ1) is 16.5. The van der Waals surface area contributed by atoms with Crippen LogP contribution in [0, 0.1) is 0 Å². The van der Waals surface area contributed by atoms with E-state index in [0.717, 1.165) is 12.8 Å². The minimum Gasteiger partial charge on any atom is -0.293 e. The van der Waals surface area contributed by atoms with Crippen LogP contribution < -0.4 is 0 Å². The molecule has 0 radical (unpaired) electrons. The molecular formula is C14H26F2O. The van der Waals surface area contributed by atoms with E-state index < -0.39 is 12.2 Å². The summed E-state index contributed by atoms with van der Waals surface area (Å²) < 4.78 is 23.7. The van der Waals surface area contributed by atoms with Gasteiger partial charge in [-0.1, -0.05) is 64.7 Å². The molecule has 0 fully saturated rings. The van der Waals surface area contributed by atoms with Crippen LogP contribution in [0.3, 0.4) is 0 Å². The molecule has 0 aromatic rings. The van der Waals surface area contributed by atoms with Gasteiger partial charge in [-0.2, -0.15) is 0 Å². The zero-order valence-electron chi connectivity index (χ0n) is 11.0. The zero-order chi connectivity index (χ0) is 12.9. The summed E-state index contributed by atoms with van der Waals surface area (Å²) in [5.41, 5.74) is 0. The molecule has 17 heavy (non-hydrogen) atoms. The lowest BCUT2D eigenvalue weighted by molar-refractivity contribution is -0.129. The van der Waals surface area contributed by atoms with Crippen LogP contribution in [0.5, 0.6) is 0 Å². The predicted octanol–water partition coefficient (Wildman–Crippen LogP) is 5.13. The lowest BCUT2D eigenvalue weighted by atomic mass is 10.1. The molecule has 0 atom stereocenters. The number of hydrogen-bond donors (Lipinski definition) is 0. The smallest absolute Gasteiger partial charge is 0.293 e. The van der Waals surface area contributed by atoms with E-state index in [9.17, 15) is 13.6 Å². The Bertz CT molecular complexity index is 181. The van der Waals surface area contributed by atoms with Gasteiger partial charge in [-0.15, -0.1) is 0 Å². The number of rotatable bonds is 12. The summed E-state index contributed by atoms with van der Waals surface area (Å²) in [6.07, 6.45) is 8.85. The fourth-order valence-corrected chi connectivity index (χ4v) is 1.90. The molecule has 102 valence electrons. The second kappa shape index (κ2) is 12.0. The van der Waals surface area contributed by atoms with Crippen molar-refractivity contribution >= 4 is 5.78 Å². The Labute approximate surface area is 104 Å². The Morgan fingerprint density at radius 2 is 1.24 bits per heavy atom. The minimum absolute atomic E-state index is 0.0498. The highest BCUT2D eigenvalue weighted by atomic mass is 19.3. The molecule has 0 saturated heterocycles. The van der Waals surface area contributed by atoms with Crippen molar-refractivity contribution in [3.8, 4) is 0 Å². The van der Waals surface area contributed by atoms with Crippen LogP contribution in [0.4, 0.5) is 8.78 Å². The van der Waals surface area contributed by atoms with Crippen LogP contribution >= 0.6 is 0 Å². The lowest BCUT2D eigenvalue weighted by Crippen LogP contribution is -2.08. The summed E-state index contributed by atoms with van der Waals surface area (Å²) in [5, 5.41) is 0. The second-order valence-electron chi connectivity index (χ2n) is 4.70. The van der Waals surface area contributed by atoms with Crippen LogP contribution in [0.25, 0.3) is 0 Å². The first-order chi connectivity index (χ1) is 8.18. The molecular weight excluding hydrogens is 222 g/mol. The van der Waals surface area contributed by atoms with Crippen molar-refractivity contribution < 1.29 is 13.6 Å². The van der Waals surface area contributed by atoms with Crippen LogP contribution in [-0.4, -0.2) is 12.2 Å². The third-order valence-corrected chi connectivity index (χ3v) is 3.02. The second-order valence-corrected chi connectivity index (χ2v) is 4.70. The highest BCUT2D eigenvalue weighted by Crippen LogP contribution is 2.12. The van der Waals surface area contributed by atoms with Gasteiger partial charge in [-0.25, -0.2) is 8.78 Å². The first-order valence-corrected chi connectivity index (χ1v) is 6.99. The van der Waals surface area contributed by atoms with Crippen molar-refractivity contribution in [3.63, 3.8) is 0 Å². The van der Waals surface area contributed by atoms with E-state index in [0.29, 0.717) is 6.42 Å². The standard InChI is InChI=1S/C14H26F2O/c1-2-3-4-5-6-7-8-9-10-11-12-13(17)14(15)16/h14H,2-12H2,1H3. The summed E-state index contributed by atoms with van der Waals surface area (Å²) in [6.45, 7) is 2.21. The largest absolute Gasteiger partial charge is 0.295 e. The van der Waals surface area contributed by atoms with E-state index in [1.165, 1.54) is 44.9 Å². The molecule has 1 nitrogen and oxygen atoms in total. The highest BCUT2D eigenvalue weighted by molar-refractivity contribution is 5.81. The Hall–Kier alpha value is -0.470. The van der Waals surface area contributed by atoms with Gasteiger partial charge in [0.25, 0.3) is 6.43 Å². The van der Waals surface area contributed by atoms with E-state index in [1.807, 2.05) is 0 Å². The molecule has 0 bridgehead atoms. The molecule has 0 aliphatic rings. The molecule has 0 N–H and O–H groups in total. The molecule has 3 heteroatoms. The van der Waals surface area contributed by atoms with Crippen molar-refractivity contribution in [1.29, 1.82) is 0 Å². The molecule has 0 unspecified atom stereocenters. The third-order valence-electron chi connectivity index (χ3n) is 3.02. The Balaban J connectivity index is 3.06. The van der Waals surface area contributed by atoms with Crippen molar-refractivity contribution in [2.45, 2.75) is 84.0 Å². The van der Waals surface area contributed by atoms with E-state index >= 15 is 0 Å². The van der Waals surface area contributed by atoms with Crippen molar-refractivity contribution in [2.75, 3.05) is 0 Å². The van der Waals surface area contributed by atoms with Gasteiger partial charge in [0.05, 0.1) is 0 Å². The van der Waals surface area contributed by atoms with Crippen LogP contribution in [-0.2, 0) is 4.79 Å². The number of halogens is 2. The molecule has 0 spiro atoms. The third kappa shape index (κ3) is 11.8. The molecule has 0 aromatic heterocycles. The summed E-state index contributed by atoms with van der Waals surface area (Å²) in [4.78, 5) is 10.6. The van der Waals surface area contributed by atoms with E-state index in [-0.39, 0.29) is 6.42 Å². The molecule has 0 heterocycles. The molecule has 0 aromatic carbocycles. The van der Waals surface area contributed by atoms with Gasteiger partial charge in [0.1, 0.15) is 0 Å². The maximum Gasteiger partial charge on any atom is 0.295 e. The molecule has 0 aliphatic heterocycles. The Morgan fingerprint density at radius 3 is 1.65 bits per heavy atom. The number of hydrogen-bond acceptors (Lipinski definition) is 1. The summed E-state index contributed by atoms with van der Waals surface area (Å²) in [7, 11) is 0. The maximum absolute atomic E-state index is 11.9. The predicted molar refractivity (Wildman–Crippen MR) is 67.5 cm³/mol. The van der Waals surface area contributed by atoms with E-state index in [2.05, 4.69) is 6.92 Å². The van der Waals surface area contributed by atoms with Gasteiger partial charge < -0.3 is 0 Å².